The summed E-state index contributed by atoms with van der Waals surface area (Å²) in [5.41, 5.74) is 1.81. The smallest absolute Gasteiger partial charge is 0.0224 e. The van der Waals surface area contributed by atoms with E-state index in [1.165, 1.54) is 41.4 Å². The summed E-state index contributed by atoms with van der Waals surface area (Å²) in [5, 5.41) is 0. The highest BCUT2D eigenvalue weighted by Gasteiger charge is 2.87. The van der Waals surface area contributed by atoms with E-state index < -0.39 is 0 Å². The van der Waals surface area contributed by atoms with Gasteiger partial charge < -0.3 is 0 Å². The van der Waals surface area contributed by atoms with Gasteiger partial charge in [0.25, 0.3) is 0 Å². The van der Waals surface area contributed by atoms with Crippen molar-refractivity contribution < 1.29 is 0 Å². The van der Waals surface area contributed by atoms with E-state index in [1.807, 2.05) is 0 Å². The molecule has 2 bridgehead atoms. The van der Waals surface area contributed by atoms with Crippen molar-refractivity contribution in [2.24, 2.45) is 52.3 Å². The monoisotopic (exact) mass is 200 g/mol. The zero-order valence-electron chi connectivity index (χ0n) is 9.58. The Bertz CT molecular complexity index is 399. The summed E-state index contributed by atoms with van der Waals surface area (Å²) in [5.74, 6) is 8.70. The van der Waals surface area contributed by atoms with Crippen molar-refractivity contribution in [1.82, 2.24) is 0 Å². The summed E-state index contributed by atoms with van der Waals surface area (Å²) in [7, 11) is 0. The maximum atomic E-state index is 2.64. The fraction of sp³-hybridized carbons (Fsp3) is 1.00. The lowest BCUT2D eigenvalue weighted by molar-refractivity contribution is -0.376. The summed E-state index contributed by atoms with van der Waals surface area (Å²) in [4.78, 5) is 0. The minimum Gasteiger partial charge on any atom is -0.0591 e. The van der Waals surface area contributed by atoms with E-state index in [0.717, 1.165) is 10.8 Å². The maximum Gasteiger partial charge on any atom is -0.0224 e. The molecule has 0 saturated heterocycles. The van der Waals surface area contributed by atoms with Crippen molar-refractivity contribution in [2.45, 2.75) is 39.0 Å². The second-order valence-corrected chi connectivity index (χ2v) is 8.18. The molecule has 9 unspecified atom stereocenters. The van der Waals surface area contributed by atoms with Crippen LogP contribution in [0.4, 0.5) is 0 Å². The quantitative estimate of drug-likeness (QED) is 0.562. The van der Waals surface area contributed by atoms with Crippen molar-refractivity contribution >= 4 is 0 Å². The van der Waals surface area contributed by atoms with Crippen LogP contribution < -0.4 is 0 Å². The highest BCUT2D eigenvalue weighted by Crippen LogP contribution is 2.93. The summed E-state index contributed by atoms with van der Waals surface area (Å²) >= 11 is 0. The largest absolute Gasteiger partial charge is 0.0591 e. The molecule has 7 aliphatic carbocycles. The molecule has 9 atom stereocenters. The second-order valence-electron chi connectivity index (χ2n) is 8.18. The van der Waals surface area contributed by atoms with E-state index in [-0.39, 0.29) is 0 Å². The molecule has 7 saturated carbocycles. The van der Waals surface area contributed by atoms with Gasteiger partial charge in [0, 0.05) is 0 Å². The van der Waals surface area contributed by atoms with Crippen molar-refractivity contribution in [3.8, 4) is 0 Å². The molecule has 15 heavy (non-hydrogen) atoms. The molecule has 0 aromatic carbocycles. The first-order valence-electron chi connectivity index (χ1n) is 7.26. The molecule has 7 fully saturated rings. The van der Waals surface area contributed by atoms with Crippen LogP contribution in [0, 0.1) is 52.3 Å². The number of hydrogen-bond donors (Lipinski definition) is 0. The lowest BCUT2D eigenvalue weighted by Gasteiger charge is -2.85. The molecule has 0 nitrogen and oxygen atoms in total. The van der Waals surface area contributed by atoms with Gasteiger partial charge in [-0.2, -0.15) is 0 Å². The van der Waals surface area contributed by atoms with Gasteiger partial charge in [-0.1, -0.05) is 6.92 Å². The molecule has 0 aliphatic heterocycles. The Morgan fingerprint density at radius 2 is 2.00 bits per heavy atom. The van der Waals surface area contributed by atoms with E-state index >= 15 is 0 Å². The molecule has 0 heterocycles. The molecule has 1 spiro atoms. The molecule has 80 valence electrons. The summed E-state index contributed by atoms with van der Waals surface area (Å²) in [6.07, 6.45) is 8.18. The fourth-order valence-electron chi connectivity index (χ4n) is 7.69. The van der Waals surface area contributed by atoms with Crippen molar-refractivity contribution in [3.05, 3.63) is 0 Å². The van der Waals surface area contributed by atoms with Crippen molar-refractivity contribution in [3.63, 3.8) is 0 Å². The molecule has 0 aromatic heterocycles. The third-order valence-electron chi connectivity index (χ3n) is 8.47. The third kappa shape index (κ3) is 0.463. The Morgan fingerprint density at radius 1 is 1.07 bits per heavy atom. The van der Waals surface area contributed by atoms with Gasteiger partial charge in [-0.3, -0.25) is 0 Å². The zero-order valence-corrected chi connectivity index (χ0v) is 9.58. The Kier molecular flexibility index (Phi) is 0.803. The molecule has 0 radical (unpaired) electrons. The average Bonchev–Trinajstić information content (AvgIpc) is 2.86. The molecule has 0 amide bonds. The Balaban J connectivity index is 1.49. The van der Waals surface area contributed by atoms with Crippen LogP contribution in [0.3, 0.4) is 0 Å². The fourth-order valence-corrected chi connectivity index (χ4v) is 7.69. The third-order valence-corrected chi connectivity index (χ3v) is 8.47. The average molecular weight is 200 g/mol. The van der Waals surface area contributed by atoms with Crippen LogP contribution in [-0.4, -0.2) is 0 Å². The normalized spacial score (nSPS) is 84.2. The van der Waals surface area contributed by atoms with Gasteiger partial charge in [0.2, 0.25) is 0 Å². The number of rotatable bonds is 0. The zero-order chi connectivity index (χ0) is 9.58. The van der Waals surface area contributed by atoms with Crippen LogP contribution in [0.15, 0.2) is 0 Å². The molecule has 0 heteroatoms. The van der Waals surface area contributed by atoms with Crippen LogP contribution in [-0.2, 0) is 0 Å². The summed E-state index contributed by atoms with van der Waals surface area (Å²) in [6.45, 7) is 2.64. The van der Waals surface area contributed by atoms with Crippen molar-refractivity contribution in [1.29, 1.82) is 0 Å². The predicted molar refractivity (Wildman–Crippen MR) is 58.1 cm³/mol. The standard InChI is InChI=1S/C15H20/c1-14-3-2-7(14)5-15-6-10(14)13(15)11-8-4-9(8)12(11)15/h7-13H,2-6H2,1H3. The summed E-state index contributed by atoms with van der Waals surface area (Å²) in [6, 6.07) is 0. The lowest BCUT2D eigenvalue weighted by atomic mass is 9.19. The number of hydrogen-bond acceptors (Lipinski definition) is 0. The Morgan fingerprint density at radius 3 is 2.80 bits per heavy atom. The first-order valence-corrected chi connectivity index (χ1v) is 7.26. The first-order chi connectivity index (χ1) is 7.26. The van der Waals surface area contributed by atoms with Gasteiger partial charge in [0.1, 0.15) is 0 Å². The maximum absolute atomic E-state index is 2.64. The van der Waals surface area contributed by atoms with Crippen molar-refractivity contribution in [2.75, 3.05) is 0 Å². The predicted octanol–water partition coefficient (Wildman–Crippen LogP) is 3.32. The van der Waals surface area contributed by atoms with Gasteiger partial charge in [-0.25, -0.2) is 0 Å². The highest BCUT2D eigenvalue weighted by molar-refractivity contribution is 5.35. The van der Waals surface area contributed by atoms with Crippen LogP contribution in [0.25, 0.3) is 0 Å². The Labute approximate surface area is 91.8 Å². The van der Waals surface area contributed by atoms with E-state index in [9.17, 15) is 0 Å². The highest BCUT2D eigenvalue weighted by atomic mass is 14.9. The first kappa shape index (κ1) is 7.35. The molecule has 7 rings (SSSR count). The topological polar surface area (TPSA) is 0 Å². The lowest BCUT2D eigenvalue weighted by Crippen LogP contribution is -2.80. The molecule has 0 N–H and O–H groups in total. The van der Waals surface area contributed by atoms with Gasteiger partial charge in [0.05, 0.1) is 0 Å². The van der Waals surface area contributed by atoms with E-state index in [4.69, 9.17) is 0 Å². The van der Waals surface area contributed by atoms with Gasteiger partial charge >= 0.3 is 0 Å². The SMILES string of the molecule is CC12CCC1CC13CC2C1C1C2CC2C13. The van der Waals surface area contributed by atoms with Gasteiger partial charge in [-0.15, -0.1) is 0 Å². The van der Waals surface area contributed by atoms with Gasteiger partial charge in [0.15, 0.2) is 0 Å². The molecular formula is C15H20. The van der Waals surface area contributed by atoms with Crippen LogP contribution in [0.1, 0.15) is 39.0 Å². The molecular weight excluding hydrogens is 180 g/mol. The van der Waals surface area contributed by atoms with E-state index in [0.29, 0.717) is 0 Å². The van der Waals surface area contributed by atoms with E-state index in [1.54, 1.807) is 32.1 Å². The van der Waals surface area contributed by atoms with Gasteiger partial charge in [-0.05, 0) is 84.4 Å². The van der Waals surface area contributed by atoms with Crippen LogP contribution in [0.5, 0.6) is 0 Å². The molecule has 0 aromatic rings. The minimum absolute atomic E-state index is 0.845. The Hall–Kier alpha value is 0. The minimum atomic E-state index is 0.845. The van der Waals surface area contributed by atoms with E-state index in [2.05, 4.69) is 6.92 Å². The van der Waals surface area contributed by atoms with Crippen LogP contribution in [0.2, 0.25) is 0 Å². The molecule has 7 aliphatic rings. The number of fused-ring (bicyclic) bond motifs is 4. The summed E-state index contributed by atoms with van der Waals surface area (Å²) < 4.78 is 0. The second kappa shape index (κ2) is 1.64. The van der Waals surface area contributed by atoms with Crippen LogP contribution >= 0.6 is 0 Å².